The first-order chi connectivity index (χ1) is 20.0. The van der Waals surface area contributed by atoms with E-state index in [0.717, 1.165) is 25.0 Å². The van der Waals surface area contributed by atoms with Crippen molar-refractivity contribution in [1.82, 2.24) is 4.90 Å². The van der Waals surface area contributed by atoms with Crippen LogP contribution in [0.15, 0.2) is 83.9 Å². The van der Waals surface area contributed by atoms with E-state index >= 15 is 0 Å². The summed E-state index contributed by atoms with van der Waals surface area (Å²) in [4.78, 5) is 45.0. The Morgan fingerprint density at radius 2 is 1.73 bits per heavy atom. The summed E-state index contributed by atoms with van der Waals surface area (Å²) in [7, 11) is 0. The molecule has 3 aromatic rings. The van der Waals surface area contributed by atoms with Crippen LogP contribution in [0.25, 0.3) is 0 Å². The summed E-state index contributed by atoms with van der Waals surface area (Å²) in [6, 6.07) is 24.0. The monoisotopic (exact) mass is 573 g/mol. The number of aryl methyl sites for hydroxylation is 1. The fourth-order valence-corrected chi connectivity index (χ4v) is 5.35. The van der Waals surface area contributed by atoms with Gasteiger partial charge in [0.15, 0.2) is 5.17 Å². The van der Waals surface area contributed by atoms with Gasteiger partial charge in [-0.05, 0) is 80.3 Å². The van der Waals surface area contributed by atoms with E-state index in [1.165, 1.54) is 17.3 Å². The number of nitrogens with zero attached hydrogens (tertiary/aromatic N) is 2. The molecule has 1 N–H and O–H groups in total. The molecule has 214 valence electrons. The number of amidine groups is 1. The minimum Gasteiger partial charge on any atom is -0.494 e. The van der Waals surface area contributed by atoms with Gasteiger partial charge in [-0.1, -0.05) is 49.0 Å². The smallest absolute Gasteiger partial charge is 0.338 e. The van der Waals surface area contributed by atoms with Crippen LogP contribution in [0.4, 0.5) is 11.4 Å². The van der Waals surface area contributed by atoms with E-state index in [0.29, 0.717) is 41.9 Å². The topological polar surface area (TPSA) is 97.3 Å². The fraction of sp³-hybridized carbons (Fsp3) is 0.312. The molecule has 1 atom stereocenters. The minimum absolute atomic E-state index is 0.0698. The Morgan fingerprint density at radius 3 is 2.41 bits per heavy atom. The molecule has 9 heteroatoms. The fourth-order valence-electron chi connectivity index (χ4n) is 4.22. The molecule has 41 heavy (non-hydrogen) atoms. The number of ether oxygens (including phenoxy) is 2. The Hall–Kier alpha value is -4.11. The molecule has 1 saturated heterocycles. The maximum Gasteiger partial charge on any atom is 0.338 e. The maximum atomic E-state index is 13.3. The number of hydrogen-bond donors (Lipinski definition) is 1. The van der Waals surface area contributed by atoms with Crippen molar-refractivity contribution in [1.29, 1.82) is 0 Å². The minimum atomic E-state index is -0.638. The van der Waals surface area contributed by atoms with E-state index < -0.39 is 11.2 Å². The van der Waals surface area contributed by atoms with E-state index in [1.54, 1.807) is 48.2 Å². The first-order valence-corrected chi connectivity index (χ1v) is 14.7. The average Bonchev–Trinajstić information content (AvgIpc) is 2.99. The van der Waals surface area contributed by atoms with Crippen molar-refractivity contribution in [3.63, 3.8) is 0 Å². The zero-order valence-corrected chi connectivity index (χ0v) is 24.2. The molecule has 1 aliphatic rings. The van der Waals surface area contributed by atoms with Crippen LogP contribution in [0, 0.1) is 0 Å². The zero-order chi connectivity index (χ0) is 29.0. The van der Waals surface area contributed by atoms with Crippen molar-refractivity contribution in [2.45, 2.75) is 44.8 Å². The van der Waals surface area contributed by atoms with Crippen LogP contribution in [0.1, 0.15) is 49.0 Å². The number of anilines is 1. The first kappa shape index (κ1) is 29.9. The second kappa shape index (κ2) is 15.0. The highest BCUT2D eigenvalue weighted by Crippen LogP contribution is 2.30. The average molecular weight is 574 g/mol. The lowest BCUT2D eigenvalue weighted by Gasteiger charge is -2.32. The molecule has 1 unspecified atom stereocenters. The maximum absolute atomic E-state index is 13.3. The number of rotatable bonds is 12. The van der Waals surface area contributed by atoms with Gasteiger partial charge in [0.2, 0.25) is 11.8 Å². The number of hydrogen-bond acceptors (Lipinski definition) is 7. The molecule has 0 bridgehead atoms. The number of amides is 2. The lowest BCUT2D eigenvalue weighted by Crippen LogP contribution is -2.45. The Labute approximate surface area is 245 Å². The molecule has 0 saturated carbocycles. The molecular weight excluding hydrogens is 538 g/mol. The molecular formula is C32H35N3O5S. The molecule has 1 heterocycles. The number of benzene rings is 3. The molecule has 0 aromatic heterocycles. The van der Waals surface area contributed by atoms with E-state index in [1.807, 2.05) is 37.3 Å². The predicted molar refractivity (Wildman–Crippen MR) is 163 cm³/mol. The number of nitrogens with one attached hydrogen (secondary N) is 1. The van der Waals surface area contributed by atoms with E-state index in [9.17, 15) is 14.4 Å². The highest BCUT2D eigenvalue weighted by molar-refractivity contribution is 8.15. The Bertz CT molecular complexity index is 1340. The van der Waals surface area contributed by atoms with Gasteiger partial charge in [0.05, 0.1) is 24.5 Å². The third-order valence-corrected chi connectivity index (χ3v) is 7.51. The van der Waals surface area contributed by atoms with Crippen LogP contribution in [-0.2, 0) is 20.7 Å². The van der Waals surface area contributed by atoms with Crippen LogP contribution in [0.3, 0.4) is 0 Å². The standard InChI is InChI=1S/C32H35N3O5S/c1-3-21-40-27-18-16-25(17-19-27)33-30(37)28-22-29(36)35(20-8-11-23-9-6-5-7-10-23)32(41-28)34-26-14-12-24(13-15-26)31(38)39-4-2/h5-7,9-10,12-19,28H,3-4,8,11,20-22H2,1-2H3,(H,33,37). The molecule has 1 fully saturated rings. The molecule has 0 spiro atoms. The largest absolute Gasteiger partial charge is 0.494 e. The Balaban J connectivity index is 1.49. The Kier molecular flexibility index (Phi) is 11.0. The summed E-state index contributed by atoms with van der Waals surface area (Å²) in [5, 5.41) is 2.74. The number of esters is 1. The van der Waals surface area contributed by atoms with Crippen LogP contribution in [0.5, 0.6) is 5.75 Å². The van der Waals surface area contributed by atoms with Crippen molar-refractivity contribution in [2.75, 3.05) is 25.1 Å². The molecule has 1 aliphatic heterocycles. The molecule has 4 rings (SSSR count). The van der Waals surface area contributed by atoms with Gasteiger partial charge in [0, 0.05) is 18.7 Å². The van der Waals surface area contributed by atoms with Gasteiger partial charge >= 0.3 is 5.97 Å². The molecule has 8 nitrogen and oxygen atoms in total. The highest BCUT2D eigenvalue weighted by Gasteiger charge is 2.35. The summed E-state index contributed by atoms with van der Waals surface area (Å²) in [5.41, 5.74) is 2.82. The highest BCUT2D eigenvalue weighted by atomic mass is 32.2. The van der Waals surface area contributed by atoms with Gasteiger partial charge in [-0.15, -0.1) is 0 Å². The second-order valence-corrected chi connectivity index (χ2v) is 10.6. The van der Waals surface area contributed by atoms with E-state index in [-0.39, 0.29) is 18.2 Å². The van der Waals surface area contributed by atoms with Crippen LogP contribution >= 0.6 is 11.8 Å². The summed E-state index contributed by atoms with van der Waals surface area (Å²) in [6.45, 7) is 5.19. The Morgan fingerprint density at radius 1 is 1.00 bits per heavy atom. The molecule has 3 aromatic carbocycles. The molecule has 0 radical (unpaired) electrons. The van der Waals surface area contributed by atoms with Crippen molar-refractivity contribution < 1.29 is 23.9 Å². The van der Waals surface area contributed by atoms with Gasteiger partial charge < -0.3 is 14.8 Å². The van der Waals surface area contributed by atoms with E-state index in [4.69, 9.17) is 14.5 Å². The predicted octanol–water partition coefficient (Wildman–Crippen LogP) is 6.25. The van der Waals surface area contributed by atoms with Gasteiger partial charge in [-0.2, -0.15) is 0 Å². The van der Waals surface area contributed by atoms with E-state index in [2.05, 4.69) is 17.4 Å². The van der Waals surface area contributed by atoms with Gasteiger partial charge in [0.1, 0.15) is 11.0 Å². The quantitative estimate of drug-likeness (QED) is 0.258. The first-order valence-electron chi connectivity index (χ1n) is 13.9. The van der Waals surface area contributed by atoms with Gasteiger partial charge in [0.25, 0.3) is 0 Å². The van der Waals surface area contributed by atoms with Crippen molar-refractivity contribution in [3.05, 3.63) is 90.0 Å². The lowest BCUT2D eigenvalue weighted by molar-refractivity contribution is -0.129. The van der Waals surface area contributed by atoms with Gasteiger partial charge in [-0.25, -0.2) is 9.79 Å². The van der Waals surface area contributed by atoms with Crippen molar-refractivity contribution in [2.24, 2.45) is 4.99 Å². The normalized spacial score (nSPS) is 16.0. The van der Waals surface area contributed by atoms with Crippen molar-refractivity contribution in [3.8, 4) is 5.75 Å². The third kappa shape index (κ3) is 8.69. The van der Waals surface area contributed by atoms with Gasteiger partial charge in [-0.3, -0.25) is 14.5 Å². The SMILES string of the molecule is CCCOc1ccc(NC(=O)C2CC(=O)N(CCCc3ccccc3)C(=Nc3ccc(C(=O)OCC)cc3)S2)cc1. The summed E-state index contributed by atoms with van der Waals surface area (Å²) in [5.74, 6) is -0.0817. The lowest BCUT2D eigenvalue weighted by atomic mass is 10.1. The molecule has 2 amide bonds. The summed E-state index contributed by atoms with van der Waals surface area (Å²) in [6.07, 6.45) is 2.55. The van der Waals surface area contributed by atoms with Crippen LogP contribution in [0.2, 0.25) is 0 Å². The zero-order valence-electron chi connectivity index (χ0n) is 23.4. The number of carbonyl (C=O) groups excluding carboxylic acids is 3. The number of aliphatic imine (C=N–C) groups is 1. The summed E-state index contributed by atoms with van der Waals surface area (Å²) < 4.78 is 10.7. The number of carbonyl (C=O) groups is 3. The second-order valence-electron chi connectivity index (χ2n) is 9.47. The van der Waals surface area contributed by atoms with Crippen LogP contribution < -0.4 is 10.1 Å². The summed E-state index contributed by atoms with van der Waals surface area (Å²) >= 11 is 1.27. The molecule has 0 aliphatic carbocycles. The third-order valence-electron chi connectivity index (χ3n) is 6.32. The van der Waals surface area contributed by atoms with Crippen LogP contribution in [-0.4, -0.2) is 52.9 Å². The number of thioether (sulfide) groups is 1. The van der Waals surface area contributed by atoms with Crippen molar-refractivity contribution >= 4 is 46.1 Å².